The van der Waals surface area contributed by atoms with Crippen LogP contribution in [0.15, 0.2) is 18.3 Å². The molecule has 0 unspecified atom stereocenters. The van der Waals surface area contributed by atoms with E-state index in [0.717, 1.165) is 0 Å². The second-order valence-corrected chi connectivity index (χ2v) is 6.18. The third-order valence-electron chi connectivity index (χ3n) is 3.81. The Morgan fingerprint density at radius 2 is 1.70 bits per heavy atom. The van der Waals surface area contributed by atoms with Crippen molar-refractivity contribution in [2.24, 2.45) is 0 Å². The highest BCUT2D eigenvalue weighted by Gasteiger charge is 2.26. The number of hydrogen-bond acceptors (Lipinski definition) is 5. The van der Waals surface area contributed by atoms with E-state index in [1.54, 1.807) is 23.2 Å². The number of nitrogens with zero attached hydrogens (tertiary/aromatic N) is 5. The third-order valence-corrected chi connectivity index (χ3v) is 3.81. The molecule has 0 N–H and O–H groups in total. The van der Waals surface area contributed by atoms with Gasteiger partial charge in [0, 0.05) is 46.5 Å². The fraction of sp³-hybridized carbons (Fsp3) is 0.562. The first-order valence-electron chi connectivity index (χ1n) is 7.74. The standard InChI is InChI=1S/C16H25N5O2/c1-18(2)12-14(22)20-8-10-21(11-9-20)16(23)13-6-5-7-17-15(13)19(3)4/h5-7H,8-12H2,1-4H3. The van der Waals surface area contributed by atoms with Gasteiger partial charge in [-0.2, -0.15) is 0 Å². The van der Waals surface area contributed by atoms with E-state index in [2.05, 4.69) is 4.98 Å². The lowest BCUT2D eigenvalue weighted by molar-refractivity contribution is -0.133. The molecule has 7 heteroatoms. The number of likely N-dealkylation sites (N-methyl/N-ethyl adjacent to an activating group) is 1. The van der Waals surface area contributed by atoms with E-state index in [1.165, 1.54) is 0 Å². The van der Waals surface area contributed by atoms with Gasteiger partial charge in [0.1, 0.15) is 5.82 Å². The van der Waals surface area contributed by atoms with Crippen LogP contribution in [0.2, 0.25) is 0 Å². The highest BCUT2D eigenvalue weighted by Crippen LogP contribution is 2.17. The number of rotatable bonds is 4. The Morgan fingerprint density at radius 1 is 1.09 bits per heavy atom. The molecule has 126 valence electrons. The second kappa shape index (κ2) is 7.41. The Morgan fingerprint density at radius 3 is 2.26 bits per heavy atom. The van der Waals surface area contributed by atoms with Gasteiger partial charge in [0.25, 0.3) is 5.91 Å². The molecule has 1 aliphatic heterocycles. The van der Waals surface area contributed by atoms with Gasteiger partial charge < -0.3 is 19.6 Å². The van der Waals surface area contributed by atoms with Crippen LogP contribution >= 0.6 is 0 Å². The number of pyridine rings is 1. The molecular formula is C16H25N5O2. The molecule has 2 amide bonds. The van der Waals surface area contributed by atoms with Crippen LogP contribution in [0.3, 0.4) is 0 Å². The van der Waals surface area contributed by atoms with Crippen LogP contribution in [0.4, 0.5) is 5.82 Å². The molecule has 0 bridgehead atoms. The molecule has 1 aromatic heterocycles. The maximum atomic E-state index is 12.7. The largest absolute Gasteiger partial charge is 0.362 e. The fourth-order valence-electron chi connectivity index (χ4n) is 2.62. The zero-order valence-electron chi connectivity index (χ0n) is 14.3. The summed E-state index contributed by atoms with van der Waals surface area (Å²) >= 11 is 0. The van der Waals surface area contributed by atoms with E-state index in [9.17, 15) is 9.59 Å². The minimum atomic E-state index is -0.0264. The molecule has 7 nitrogen and oxygen atoms in total. The lowest BCUT2D eigenvalue weighted by Crippen LogP contribution is -2.52. The predicted molar refractivity (Wildman–Crippen MR) is 89.6 cm³/mol. The molecule has 0 aliphatic carbocycles. The molecule has 0 aromatic carbocycles. The van der Waals surface area contributed by atoms with Gasteiger partial charge in [-0.05, 0) is 26.2 Å². The van der Waals surface area contributed by atoms with Crippen molar-refractivity contribution >= 4 is 17.6 Å². The molecule has 0 radical (unpaired) electrons. The van der Waals surface area contributed by atoms with E-state index < -0.39 is 0 Å². The van der Waals surface area contributed by atoms with E-state index in [-0.39, 0.29) is 11.8 Å². The van der Waals surface area contributed by atoms with Crippen molar-refractivity contribution in [1.29, 1.82) is 0 Å². The lowest BCUT2D eigenvalue weighted by Gasteiger charge is -2.35. The van der Waals surface area contributed by atoms with Crippen LogP contribution in [0, 0.1) is 0 Å². The summed E-state index contributed by atoms with van der Waals surface area (Å²) < 4.78 is 0. The summed E-state index contributed by atoms with van der Waals surface area (Å²) in [5, 5.41) is 0. The molecular weight excluding hydrogens is 294 g/mol. The second-order valence-electron chi connectivity index (χ2n) is 6.18. The summed E-state index contributed by atoms with van der Waals surface area (Å²) in [4.78, 5) is 36.4. The summed E-state index contributed by atoms with van der Waals surface area (Å²) in [6.07, 6.45) is 1.68. The number of carbonyl (C=O) groups excluding carboxylic acids is 2. The summed E-state index contributed by atoms with van der Waals surface area (Å²) in [5.41, 5.74) is 0.602. The molecule has 1 aromatic rings. The first-order valence-corrected chi connectivity index (χ1v) is 7.74. The van der Waals surface area contributed by atoms with Gasteiger partial charge >= 0.3 is 0 Å². The molecule has 0 atom stereocenters. The SMILES string of the molecule is CN(C)CC(=O)N1CCN(C(=O)c2cccnc2N(C)C)CC1. The number of carbonyl (C=O) groups is 2. The summed E-state index contributed by atoms with van der Waals surface area (Å²) in [6.45, 7) is 2.67. The van der Waals surface area contributed by atoms with Crippen LogP contribution < -0.4 is 4.90 Å². The van der Waals surface area contributed by atoms with Crippen LogP contribution in [0.25, 0.3) is 0 Å². The summed E-state index contributed by atoms with van der Waals surface area (Å²) in [7, 11) is 7.50. The van der Waals surface area contributed by atoms with Crippen molar-refractivity contribution in [1.82, 2.24) is 19.7 Å². The monoisotopic (exact) mass is 319 g/mol. The Hall–Kier alpha value is -2.15. The average molecular weight is 319 g/mol. The number of piperazine rings is 1. The molecule has 2 rings (SSSR count). The quantitative estimate of drug-likeness (QED) is 0.781. The van der Waals surface area contributed by atoms with Gasteiger partial charge in [0.05, 0.1) is 12.1 Å². The normalized spacial score (nSPS) is 15.0. The molecule has 1 fully saturated rings. The van der Waals surface area contributed by atoms with Crippen molar-refractivity contribution in [2.75, 3.05) is 65.8 Å². The summed E-state index contributed by atoms with van der Waals surface area (Å²) in [5.74, 6) is 0.752. The Labute approximate surface area is 137 Å². The van der Waals surface area contributed by atoms with E-state index in [0.29, 0.717) is 44.1 Å². The van der Waals surface area contributed by atoms with Gasteiger partial charge in [0.15, 0.2) is 0 Å². The fourth-order valence-corrected chi connectivity index (χ4v) is 2.62. The van der Waals surface area contributed by atoms with Gasteiger partial charge in [-0.1, -0.05) is 0 Å². The maximum Gasteiger partial charge on any atom is 0.257 e. The van der Waals surface area contributed by atoms with Crippen LogP contribution in [0.5, 0.6) is 0 Å². The van der Waals surface area contributed by atoms with E-state index in [4.69, 9.17) is 0 Å². The lowest BCUT2D eigenvalue weighted by atomic mass is 10.2. The Bertz CT molecular complexity index is 565. The Kier molecular flexibility index (Phi) is 5.54. The zero-order valence-corrected chi connectivity index (χ0v) is 14.3. The van der Waals surface area contributed by atoms with E-state index in [1.807, 2.05) is 42.9 Å². The van der Waals surface area contributed by atoms with Crippen LogP contribution in [-0.4, -0.2) is 92.4 Å². The number of anilines is 1. The first kappa shape index (κ1) is 17.2. The first-order chi connectivity index (χ1) is 10.9. The average Bonchev–Trinajstić information content (AvgIpc) is 2.53. The highest BCUT2D eigenvalue weighted by atomic mass is 16.2. The number of hydrogen-bond donors (Lipinski definition) is 0. The van der Waals surface area contributed by atoms with Crippen molar-refractivity contribution in [2.45, 2.75) is 0 Å². The highest BCUT2D eigenvalue weighted by molar-refractivity contribution is 5.99. The molecule has 1 saturated heterocycles. The Balaban J connectivity index is 2.00. The van der Waals surface area contributed by atoms with Gasteiger partial charge in [-0.3, -0.25) is 9.59 Å². The molecule has 0 spiro atoms. The van der Waals surface area contributed by atoms with E-state index >= 15 is 0 Å². The van der Waals surface area contributed by atoms with Gasteiger partial charge in [-0.25, -0.2) is 4.98 Å². The predicted octanol–water partition coefficient (Wildman–Crippen LogP) is -0.00640. The number of amides is 2. The smallest absolute Gasteiger partial charge is 0.257 e. The van der Waals surface area contributed by atoms with Crippen LogP contribution in [-0.2, 0) is 4.79 Å². The van der Waals surface area contributed by atoms with Gasteiger partial charge in [0.2, 0.25) is 5.91 Å². The third kappa shape index (κ3) is 4.19. The molecule has 0 saturated carbocycles. The van der Waals surface area contributed by atoms with Crippen molar-refractivity contribution in [3.8, 4) is 0 Å². The number of aromatic nitrogens is 1. The minimum absolute atomic E-state index is 0.0264. The topological polar surface area (TPSA) is 60.0 Å². The van der Waals surface area contributed by atoms with Gasteiger partial charge in [-0.15, -0.1) is 0 Å². The molecule has 2 heterocycles. The zero-order chi connectivity index (χ0) is 17.0. The van der Waals surface area contributed by atoms with Crippen LogP contribution in [0.1, 0.15) is 10.4 Å². The molecule has 1 aliphatic rings. The molecule has 23 heavy (non-hydrogen) atoms. The maximum absolute atomic E-state index is 12.7. The van der Waals surface area contributed by atoms with Crippen molar-refractivity contribution in [3.63, 3.8) is 0 Å². The van der Waals surface area contributed by atoms with Crippen molar-refractivity contribution < 1.29 is 9.59 Å². The van der Waals surface area contributed by atoms with Crippen molar-refractivity contribution in [3.05, 3.63) is 23.9 Å². The minimum Gasteiger partial charge on any atom is -0.362 e. The summed E-state index contributed by atoms with van der Waals surface area (Å²) in [6, 6.07) is 3.57.